The molecule has 3 rings (SSSR count). The second-order valence-corrected chi connectivity index (χ2v) is 10.2. The number of carbonyl (C=O) groups is 1. The molecule has 11 nitrogen and oxygen atoms in total. The highest BCUT2D eigenvalue weighted by Gasteiger charge is 2.29. The Morgan fingerprint density at radius 2 is 1.89 bits per heavy atom. The summed E-state index contributed by atoms with van der Waals surface area (Å²) >= 11 is 0. The summed E-state index contributed by atoms with van der Waals surface area (Å²) in [6, 6.07) is 4.55. The molecule has 0 bridgehead atoms. The minimum Gasteiger partial charge on any atom is -0.493 e. The predicted molar refractivity (Wildman–Crippen MR) is 132 cm³/mol. The van der Waals surface area contributed by atoms with Gasteiger partial charge < -0.3 is 19.9 Å². The smallest absolute Gasteiger partial charge is 0.273 e. The van der Waals surface area contributed by atoms with E-state index in [0.29, 0.717) is 50.5 Å². The fraction of sp³-hybridized carbons (Fsp3) is 0.565. The summed E-state index contributed by atoms with van der Waals surface area (Å²) in [6.45, 7) is 9.48. The zero-order valence-corrected chi connectivity index (χ0v) is 21.4. The Labute approximate surface area is 205 Å². The second-order valence-electron chi connectivity index (χ2n) is 8.23. The second kappa shape index (κ2) is 12.2. The molecule has 35 heavy (non-hydrogen) atoms. The third kappa shape index (κ3) is 6.65. The van der Waals surface area contributed by atoms with E-state index >= 15 is 0 Å². The lowest BCUT2D eigenvalue weighted by molar-refractivity contribution is -0.121. The molecule has 0 aliphatic carbocycles. The lowest BCUT2D eigenvalue weighted by Crippen LogP contribution is -2.48. The Morgan fingerprint density at radius 1 is 1.14 bits per heavy atom. The molecular weight excluding hydrogens is 472 g/mol. The molecule has 2 heterocycles. The summed E-state index contributed by atoms with van der Waals surface area (Å²) in [5.74, 6) is 0.431. The van der Waals surface area contributed by atoms with Gasteiger partial charge in [-0.05, 0) is 38.1 Å². The molecule has 0 radical (unpaired) electrons. The monoisotopic (exact) mass is 506 g/mol. The number of likely N-dealkylation sites (N-methyl/N-ethyl adjacent to an activating group) is 1. The van der Waals surface area contributed by atoms with E-state index in [2.05, 4.69) is 32.3 Å². The number of sulfonamides is 1. The van der Waals surface area contributed by atoms with Crippen LogP contribution in [0.2, 0.25) is 0 Å². The lowest BCUT2D eigenvalue weighted by Gasteiger charge is -2.33. The van der Waals surface area contributed by atoms with Gasteiger partial charge in [-0.15, -0.1) is 10.2 Å². The minimum atomic E-state index is -3.73. The van der Waals surface area contributed by atoms with Crippen LogP contribution in [0.15, 0.2) is 27.9 Å². The van der Waals surface area contributed by atoms with Crippen molar-refractivity contribution in [1.82, 2.24) is 29.7 Å². The molecule has 2 aromatic rings. The Morgan fingerprint density at radius 3 is 2.51 bits per heavy atom. The zero-order chi connectivity index (χ0) is 25.4. The standard InChI is InChI=1S/C23H34N6O5S/c1-4-7-21(30)24-11-10-19-23(31)25-22(27-26-19)18-16-17(8-9-20(18)34-6-3)35(32,33)29-14-12-28(5-2)13-15-29/h8-9,16H,4-7,10-15H2,1-3H3,(H,24,30)(H,25,27,31). The number of aromatic nitrogens is 3. The van der Waals surface area contributed by atoms with Gasteiger partial charge in [0.25, 0.3) is 5.56 Å². The maximum absolute atomic E-state index is 13.3. The summed E-state index contributed by atoms with van der Waals surface area (Å²) in [6.07, 6.45) is 1.40. The van der Waals surface area contributed by atoms with E-state index < -0.39 is 15.6 Å². The number of amides is 1. The van der Waals surface area contributed by atoms with Crippen LogP contribution in [-0.2, 0) is 21.2 Å². The van der Waals surface area contributed by atoms with Gasteiger partial charge in [0.05, 0.1) is 17.1 Å². The van der Waals surface area contributed by atoms with Crippen LogP contribution in [-0.4, -0.2) is 84.6 Å². The quantitative estimate of drug-likeness (QED) is 0.461. The number of ether oxygens (including phenoxy) is 1. The molecule has 0 saturated carbocycles. The zero-order valence-electron chi connectivity index (χ0n) is 20.5. The van der Waals surface area contributed by atoms with Gasteiger partial charge in [0.1, 0.15) is 11.4 Å². The number of nitrogens with zero attached hydrogens (tertiary/aromatic N) is 4. The molecule has 0 atom stereocenters. The molecule has 1 aromatic carbocycles. The highest BCUT2D eigenvalue weighted by Crippen LogP contribution is 2.31. The summed E-state index contributed by atoms with van der Waals surface area (Å²) in [7, 11) is -3.73. The first-order chi connectivity index (χ1) is 16.8. The van der Waals surface area contributed by atoms with Gasteiger partial charge >= 0.3 is 0 Å². The highest BCUT2D eigenvalue weighted by atomic mass is 32.2. The van der Waals surface area contributed by atoms with E-state index in [9.17, 15) is 18.0 Å². The summed E-state index contributed by atoms with van der Waals surface area (Å²) < 4.78 is 33.7. The number of piperazine rings is 1. The molecule has 1 aromatic heterocycles. The van der Waals surface area contributed by atoms with Crippen LogP contribution in [0.1, 0.15) is 39.3 Å². The average Bonchev–Trinajstić information content (AvgIpc) is 2.85. The van der Waals surface area contributed by atoms with Crippen molar-refractivity contribution in [2.24, 2.45) is 0 Å². The van der Waals surface area contributed by atoms with Crippen molar-refractivity contribution in [3.05, 3.63) is 34.2 Å². The Balaban J connectivity index is 1.85. The van der Waals surface area contributed by atoms with Gasteiger partial charge in [-0.3, -0.25) is 9.59 Å². The fourth-order valence-corrected chi connectivity index (χ4v) is 5.30. The maximum atomic E-state index is 13.3. The fourth-order valence-electron chi connectivity index (χ4n) is 3.85. The van der Waals surface area contributed by atoms with E-state index in [1.165, 1.54) is 16.4 Å². The van der Waals surface area contributed by atoms with Gasteiger partial charge in [-0.25, -0.2) is 8.42 Å². The predicted octanol–water partition coefficient (Wildman–Crippen LogP) is 1.02. The largest absolute Gasteiger partial charge is 0.493 e. The third-order valence-electron chi connectivity index (χ3n) is 5.85. The summed E-state index contributed by atoms with van der Waals surface area (Å²) in [5.41, 5.74) is 0.0692. The van der Waals surface area contributed by atoms with Crippen LogP contribution < -0.4 is 15.6 Å². The third-order valence-corrected chi connectivity index (χ3v) is 7.74. The summed E-state index contributed by atoms with van der Waals surface area (Å²) in [5, 5.41) is 10.9. The Hall–Kier alpha value is -2.83. The van der Waals surface area contributed by atoms with Gasteiger partial charge in [0.15, 0.2) is 5.82 Å². The van der Waals surface area contributed by atoms with Crippen LogP contribution in [0.25, 0.3) is 11.4 Å². The van der Waals surface area contributed by atoms with E-state index in [1.54, 1.807) is 6.07 Å². The topological polar surface area (TPSA) is 138 Å². The van der Waals surface area contributed by atoms with Gasteiger partial charge in [0, 0.05) is 45.6 Å². The lowest BCUT2D eigenvalue weighted by atomic mass is 10.2. The van der Waals surface area contributed by atoms with Crippen molar-refractivity contribution in [2.45, 2.75) is 44.9 Å². The summed E-state index contributed by atoms with van der Waals surface area (Å²) in [4.78, 5) is 29.2. The molecule has 1 saturated heterocycles. The maximum Gasteiger partial charge on any atom is 0.273 e. The highest BCUT2D eigenvalue weighted by molar-refractivity contribution is 7.89. The molecule has 1 fully saturated rings. The van der Waals surface area contributed by atoms with Crippen LogP contribution in [0.5, 0.6) is 5.75 Å². The number of carbonyl (C=O) groups excluding carboxylic acids is 1. The number of benzene rings is 1. The van der Waals surface area contributed by atoms with Gasteiger partial charge in [-0.2, -0.15) is 4.31 Å². The molecule has 1 aliphatic heterocycles. The number of hydrogen-bond donors (Lipinski definition) is 2. The van der Waals surface area contributed by atoms with Crippen LogP contribution in [0, 0.1) is 0 Å². The van der Waals surface area contributed by atoms with Crippen molar-refractivity contribution in [3.8, 4) is 17.1 Å². The van der Waals surface area contributed by atoms with Crippen LogP contribution in [0.4, 0.5) is 0 Å². The SMILES string of the molecule is CCCC(=O)NCCc1nnc(-c2cc(S(=O)(=O)N3CCN(CC)CC3)ccc2OCC)[nH]c1=O. The van der Waals surface area contributed by atoms with E-state index in [4.69, 9.17) is 4.74 Å². The number of rotatable bonds is 11. The molecular formula is C23H34N6O5S. The molecule has 2 N–H and O–H groups in total. The molecule has 1 amide bonds. The van der Waals surface area contributed by atoms with E-state index in [1.807, 2.05) is 13.8 Å². The molecule has 0 unspecified atom stereocenters. The van der Waals surface area contributed by atoms with E-state index in [-0.39, 0.29) is 35.3 Å². The minimum absolute atomic E-state index is 0.0796. The Bertz CT molecular complexity index is 1180. The van der Waals surface area contributed by atoms with Gasteiger partial charge in [-0.1, -0.05) is 13.8 Å². The van der Waals surface area contributed by atoms with E-state index in [0.717, 1.165) is 13.0 Å². The van der Waals surface area contributed by atoms with Crippen molar-refractivity contribution < 1.29 is 17.9 Å². The first-order valence-corrected chi connectivity index (χ1v) is 13.5. The molecule has 0 spiro atoms. The number of aromatic amines is 1. The van der Waals surface area contributed by atoms with Crippen molar-refractivity contribution >= 4 is 15.9 Å². The average molecular weight is 507 g/mol. The number of H-pyrrole nitrogens is 1. The molecule has 1 aliphatic rings. The van der Waals surface area contributed by atoms with Crippen molar-refractivity contribution in [3.63, 3.8) is 0 Å². The van der Waals surface area contributed by atoms with Crippen LogP contribution in [0.3, 0.4) is 0 Å². The number of hydrogen-bond acceptors (Lipinski definition) is 8. The molecule has 192 valence electrons. The van der Waals surface area contributed by atoms with Crippen molar-refractivity contribution in [2.75, 3.05) is 45.9 Å². The Kier molecular flexibility index (Phi) is 9.35. The van der Waals surface area contributed by atoms with Crippen molar-refractivity contribution in [1.29, 1.82) is 0 Å². The van der Waals surface area contributed by atoms with Gasteiger partial charge in [0.2, 0.25) is 15.9 Å². The molecule has 12 heteroatoms. The first-order valence-electron chi connectivity index (χ1n) is 12.0. The normalized spacial score (nSPS) is 15.2. The first kappa shape index (κ1) is 26.8. The number of nitrogens with one attached hydrogen (secondary N) is 2. The van der Waals surface area contributed by atoms with Crippen LogP contribution >= 0.6 is 0 Å².